The number of ether oxygens (including phenoxy) is 3. The van der Waals surface area contributed by atoms with Crippen LogP contribution in [0.3, 0.4) is 0 Å². The zero-order valence-electron chi connectivity index (χ0n) is 22.2. The number of amides is 3. The van der Waals surface area contributed by atoms with Crippen LogP contribution in [0.1, 0.15) is 23.2 Å². The minimum Gasteiger partial charge on any atom is -0.497 e. The molecule has 0 aliphatic carbocycles. The molecule has 3 heterocycles. The minimum absolute atomic E-state index is 0.0736. The number of carbonyl (C=O) groups is 3. The highest BCUT2D eigenvalue weighted by atomic mass is 16.7. The first kappa shape index (κ1) is 25.5. The smallest absolute Gasteiger partial charge is 0.253 e. The molecule has 3 amide bonds. The van der Waals surface area contributed by atoms with Gasteiger partial charge in [0.2, 0.25) is 12.7 Å². The van der Waals surface area contributed by atoms with Gasteiger partial charge in [0.25, 0.3) is 11.8 Å². The van der Waals surface area contributed by atoms with Crippen molar-refractivity contribution >= 4 is 29.1 Å². The van der Waals surface area contributed by atoms with Crippen LogP contribution in [-0.4, -0.2) is 73.3 Å². The highest BCUT2D eigenvalue weighted by Gasteiger charge is 2.54. The zero-order valence-corrected chi connectivity index (χ0v) is 22.2. The van der Waals surface area contributed by atoms with Gasteiger partial charge >= 0.3 is 0 Å². The van der Waals surface area contributed by atoms with Crippen molar-refractivity contribution in [2.24, 2.45) is 0 Å². The van der Waals surface area contributed by atoms with E-state index in [0.717, 1.165) is 5.69 Å². The van der Waals surface area contributed by atoms with Crippen molar-refractivity contribution in [3.63, 3.8) is 0 Å². The van der Waals surface area contributed by atoms with Crippen LogP contribution in [0.5, 0.6) is 17.2 Å². The SMILES string of the molecule is COc1ccc(NC(=O)CN2CN(c3ccccc3)C3(CCN(C(=O)c4ccc5c(c4)OCO5)CC3)C2=O)cc1. The summed E-state index contributed by atoms with van der Waals surface area (Å²) in [7, 11) is 1.58. The second-order valence-electron chi connectivity index (χ2n) is 10.1. The number of hydrogen-bond donors (Lipinski definition) is 1. The van der Waals surface area contributed by atoms with Gasteiger partial charge in [-0.05, 0) is 67.4 Å². The van der Waals surface area contributed by atoms with Gasteiger partial charge in [-0.2, -0.15) is 0 Å². The maximum absolute atomic E-state index is 14.0. The molecular weight excluding hydrogens is 512 g/mol. The first-order valence-electron chi connectivity index (χ1n) is 13.2. The minimum atomic E-state index is -0.840. The summed E-state index contributed by atoms with van der Waals surface area (Å²) in [5.74, 6) is 1.39. The first-order chi connectivity index (χ1) is 19.5. The molecule has 0 unspecified atom stereocenters. The second kappa shape index (κ2) is 10.4. The second-order valence-corrected chi connectivity index (χ2v) is 10.1. The van der Waals surface area contributed by atoms with Crippen molar-refractivity contribution in [3.05, 3.63) is 78.4 Å². The molecule has 0 bridgehead atoms. The summed E-state index contributed by atoms with van der Waals surface area (Å²) in [4.78, 5) is 45.7. The number of nitrogens with zero attached hydrogens (tertiary/aromatic N) is 3. The van der Waals surface area contributed by atoms with E-state index in [0.29, 0.717) is 54.4 Å². The average Bonchev–Trinajstić information content (AvgIpc) is 3.56. The third-order valence-electron chi connectivity index (χ3n) is 7.79. The standard InChI is InChI=1S/C30H30N4O6/c1-38-24-10-8-22(9-11-24)31-27(35)18-33-19-34(23-5-3-2-4-6-23)30(29(33)37)13-15-32(16-14-30)28(36)21-7-12-25-26(17-21)40-20-39-25/h2-12,17H,13-16,18-20H2,1H3,(H,31,35). The highest BCUT2D eigenvalue weighted by Crippen LogP contribution is 2.40. The summed E-state index contributed by atoms with van der Waals surface area (Å²) >= 11 is 0. The van der Waals surface area contributed by atoms with Crippen molar-refractivity contribution < 1.29 is 28.6 Å². The number of methoxy groups -OCH3 is 1. The largest absolute Gasteiger partial charge is 0.497 e. The third-order valence-corrected chi connectivity index (χ3v) is 7.79. The van der Waals surface area contributed by atoms with Crippen LogP contribution >= 0.6 is 0 Å². The lowest BCUT2D eigenvalue weighted by atomic mass is 9.85. The van der Waals surface area contributed by atoms with Crippen LogP contribution in [0.25, 0.3) is 0 Å². The fraction of sp³-hybridized carbons (Fsp3) is 0.300. The zero-order chi connectivity index (χ0) is 27.7. The summed E-state index contributed by atoms with van der Waals surface area (Å²) in [5.41, 5.74) is 1.22. The number of benzene rings is 3. The number of fused-ring (bicyclic) bond motifs is 1. The van der Waals surface area contributed by atoms with Crippen molar-refractivity contribution in [1.29, 1.82) is 0 Å². The number of piperidine rings is 1. The van der Waals surface area contributed by atoms with E-state index in [1.807, 2.05) is 30.3 Å². The van der Waals surface area contributed by atoms with E-state index in [1.165, 1.54) is 0 Å². The Morgan fingerprint density at radius 2 is 1.68 bits per heavy atom. The topological polar surface area (TPSA) is 101 Å². The molecule has 3 aliphatic heterocycles. The Morgan fingerprint density at radius 3 is 2.40 bits per heavy atom. The molecule has 2 fully saturated rings. The molecule has 1 spiro atoms. The Kier molecular flexibility index (Phi) is 6.67. The van der Waals surface area contributed by atoms with Gasteiger partial charge in [0.15, 0.2) is 11.5 Å². The molecule has 3 aromatic carbocycles. The van der Waals surface area contributed by atoms with Gasteiger partial charge in [0.1, 0.15) is 17.8 Å². The first-order valence-corrected chi connectivity index (χ1v) is 13.2. The summed E-state index contributed by atoms with van der Waals surface area (Å²) in [6.07, 6.45) is 0.904. The summed E-state index contributed by atoms with van der Waals surface area (Å²) < 4.78 is 16.0. The van der Waals surface area contributed by atoms with Crippen molar-refractivity contribution in [1.82, 2.24) is 9.80 Å². The molecule has 0 saturated carbocycles. The predicted octanol–water partition coefficient (Wildman–Crippen LogP) is 3.34. The third kappa shape index (κ3) is 4.66. The molecule has 6 rings (SSSR count). The molecular formula is C30H30N4O6. The molecule has 0 atom stereocenters. The molecule has 10 heteroatoms. The molecule has 3 aromatic rings. The Bertz CT molecular complexity index is 1420. The van der Waals surface area contributed by atoms with Gasteiger partial charge in [-0.15, -0.1) is 0 Å². The fourth-order valence-electron chi connectivity index (χ4n) is 5.66. The quantitative estimate of drug-likeness (QED) is 0.510. The molecule has 0 aromatic heterocycles. The monoisotopic (exact) mass is 542 g/mol. The van der Waals surface area contributed by atoms with E-state index in [4.69, 9.17) is 14.2 Å². The molecule has 10 nitrogen and oxygen atoms in total. The van der Waals surface area contributed by atoms with E-state index < -0.39 is 5.54 Å². The van der Waals surface area contributed by atoms with E-state index in [1.54, 1.807) is 59.4 Å². The normalized spacial score (nSPS) is 17.3. The van der Waals surface area contributed by atoms with Gasteiger partial charge in [0.05, 0.1) is 13.8 Å². The molecule has 206 valence electrons. The van der Waals surface area contributed by atoms with Gasteiger partial charge < -0.3 is 34.2 Å². The van der Waals surface area contributed by atoms with Gasteiger partial charge in [-0.3, -0.25) is 14.4 Å². The maximum atomic E-state index is 14.0. The van der Waals surface area contributed by atoms with Crippen LogP contribution in [0, 0.1) is 0 Å². The molecule has 0 radical (unpaired) electrons. The maximum Gasteiger partial charge on any atom is 0.253 e. The molecule has 3 aliphatic rings. The summed E-state index contributed by atoms with van der Waals surface area (Å²) in [6.45, 7) is 1.18. The van der Waals surface area contributed by atoms with Gasteiger partial charge in [0, 0.05) is 30.0 Å². The van der Waals surface area contributed by atoms with Crippen LogP contribution < -0.4 is 24.4 Å². The number of carbonyl (C=O) groups excluding carboxylic acids is 3. The van der Waals surface area contributed by atoms with Crippen LogP contribution in [0.2, 0.25) is 0 Å². The number of likely N-dealkylation sites (tertiary alicyclic amines) is 1. The lowest BCUT2D eigenvalue weighted by molar-refractivity contribution is -0.136. The Labute approximate surface area is 232 Å². The number of anilines is 2. The van der Waals surface area contributed by atoms with Crippen molar-refractivity contribution in [2.75, 3.05) is 50.4 Å². The average molecular weight is 543 g/mol. The van der Waals surface area contributed by atoms with Crippen molar-refractivity contribution in [2.45, 2.75) is 18.4 Å². The highest BCUT2D eigenvalue weighted by molar-refractivity contribution is 6.00. The molecule has 2 saturated heterocycles. The van der Waals surface area contributed by atoms with E-state index in [2.05, 4.69) is 10.2 Å². The number of rotatable bonds is 6. The number of nitrogens with one attached hydrogen (secondary N) is 1. The summed E-state index contributed by atoms with van der Waals surface area (Å²) in [5, 5.41) is 2.87. The molecule has 40 heavy (non-hydrogen) atoms. The fourth-order valence-corrected chi connectivity index (χ4v) is 5.66. The van der Waals surface area contributed by atoms with Crippen LogP contribution in [0.15, 0.2) is 72.8 Å². The Balaban J connectivity index is 1.18. The van der Waals surface area contributed by atoms with E-state index >= 15 is 0 Å². The van der Waals surface area contributed by atoms with Crippen molar-refractivity contribution in [3.8, 4) is 17.2 Å². The predicted molar refractivity (Wildman–Crippen MR) is 148 cm³/mol. The number of hydrogen-bond acceptors (Lipinski definition) is 7. The van der Waals surface area contributed by atoms with Gasteiger partial charge in [-0.1, -0.05) is 18.2 Å². The molecule has 1 N–H and O–H groups in total. The van der Waals surface area contributed by atoms with Crippen LogP contribution in [0.4, 0.5) is 11.4 Å². The van der Waals surface area contributed by atoms with E-state index in [9.17, 15) is 14.4 Å². The lowest BCUT2D eigenvalue weighted by Gasteiger charge is -2.43. The van der Waals surface area contributed by atoms with E-state index in [-0.39, 0.29) is 37.7 Å². The van der Waals surface area contributed by atoms with Crippen LogP contribution in [-0.2, 0) is 9.59 Å². The Hall–Kier alpha value is -4.73. The Morgan fingerprint density at radius 1 is 0.950 bits per heavy atom. The lowest BCUT2D eigenvalue weighted by Crippen LogP contribution is -2.57. The summed E-state index contributed by atoms with van der Waals surface area (Å²) in [6, 6.07) is 22.0. The number of para-hydroxylation sites is 1. The van der Waals surface area contributed by atoms with Gasteiger partial charge in [-0.25, -0.2) is 0 Å².